The van der Waals surface area contributed by atoms with Crippen molar-refractivity contribution in [3.8, 4) is 0 Å². The van der Waals surface area contributed by atoms with E-state index < -0.39 is 0 Å². The van der Waals surface area contributed by atoms with E-state index >= 15 is 0 Å². The van der Waals surface area contributed by atoms with Gasteiger partial charge in [-0.05, 0) is 24.5 Å². The van der Waals surface area contributed by atoms with Crippen molar-refractivity contribution in [1.82, 2.24) is 5.32 Å². The number of hydrogen-bond acceptors (Lipinski definition) is 3. The first kappa shape index (κ1) is 11.3. The lowest BCUT2D eigenvalue weighted by molar-refractivity contribution is 0.122. The summed E-state index contributed by atoms with van der Waals surface area (Å²) in [4.78, 5) is 0. The summed E-state index contributed by atoms with van der Waals surface area (Å²) in [6, 6.07) is 1.94. The molecule has 0 aromatic carbocycles. The van der Waals surface area contributed by atoms with Crippen LogP contribution >= 0.6 is 0 Å². The van der Waals surface area contributed by atoms with Crippen molar-refractivity contribution in [2.45, 2.75) is 33.4 Å². The van der Waals surface area contributed by atoms with Crippen LogP contribution in [0.2, 0.25) is 0 Å². The Morgan fingerprint density at radius 1 is 1.50 bits per heavy atom. The van der Waals surface area contributed by atoms with Crippen LogP contribution in [-0.4, -0.2) is 17.8 Å². The maximum Gasteiger partial charge on any atom is 0.120 e. The molecule has 0 aliphatic heterocycles. The van der Waals surface area contributed by atoms with E-state index in [1.54, 1.807) is 6.26 Å². The predicted octanol–water partition coefficient (Wildman–Crippen LogP) is 1.69. The van der Waals surface area contributed by atoms with Gasteiger partial charge in [0, 0.05) is 6.54 Å². The van der Waals surface area contributed by atoms with Gasteiger partial charge in [0.25, 0.3) is 0 Å². The summed E-state index contributed by atoms with van der Waals surface area (Å²) in [7, 11) is 0. The lowest BCUT2D eigenvalue weighted by atomic mass is 10.1. The van der Waals surface area contributed by atoms with Gasteiger partial charge in [-0.2, -0.15) is 0 Å². The summed E-state index contributed by atoms with van der Waals surface area (Å²) < 4.78 is 5.26. The highest BCUT2D eigenvalue weighted by atomic mass is 16.3. The molecule has 0 aliphatic carbocycles. The summed E-state index contributed by atoms with van der Waals surface area (Å²) in [5.74, 6) is 1.24. The van der Waals surface area contributed by atoms with E-state index in [1.165, 1.54) is 0 Å². The standard InChI is InChI=1S/C11H19NO2/c1-8(2)10(13)6-12-7-11-9(3)4-5-14-11/h4-5,8,10,12-13H,6-7H2,1-3H3. The fraction of sp³-hybridized carbons (Fsp3) is 0.636. The molecule has 80 valence electrons. The van der Waals surface area contributed by atoms with Gasteiger partial charge in [0.1, 0.15) is 5.76 Å². The molecule has 0 saturated carbocycles. The zero-order chi connectivity index (χ0) is 10.6. The number of hydrogen-bond donors (Lipinski definition) is 2. The largest absolute Gasteiger partial charge is 0.468 e. The van der Waals surface area contributed by atoms with Crippen molar-refractivity contribution >= 4 is 0 Å². The molecule has 0 saturated heterocycles. The Morgan fingerprint density at radius 3 is 2.71 bits per heavy atom. The summed E-state index contributed by atoms with van der Waals surface area (Å²) in [6.07, 6.45) is 1.40. The highest BCUT2D eigenvalue weighted by molar-refractivity contribution is 5.14. The average molecular weight is 197 g/mol. The van der Waals surface area contributed by atoms with Gasteiger partial charge in [-0.3, -0.25) is 0 Å². The van der Waals surface area contributed by atoms with Crippen LogP contribution in [0.15, 0.2) is 16.7 Å². The van der Waals surface area contributed by atoms with Crippen LogP contribution in [0.25, 0.3) is 0 Å². The molecule has 3 nitrogen and oxygen atoms in total. The number of aryl methyl sites for hydroxylation is 1. The number of rotatable bonds is 5. The molecular formula is C11H19NO2. The fourth-order valence-electron chi connectivity index (χ4n) is 1.15. The van der Waals surface area contributed by atoms with Crippen LogP contribution in [0.1, 0.15) is 25.2 Å². The lowest BCUT2D eigenvalue weighted by Crippen LogP contribution is -2.30. The van der Waals surface area contributed by atoms with Crippen molar-refractivity contribution < 1.29 is 9.52 Å². The van der Waals surface area contributed by atoms with Gasteiger partial charge in [0.05, 0.1) is 18.9 Å². The Bertz CT molecular complexity index is 268. The average Bonchev–Trinajstić information content (AvgIpc) is 2.51. The second-order valence-electron chi connectivity index (χ2n) is 3.97. The first-order valence-corrected chi connectivity index (χ1v) is 5.03. The van der Waals surface area contributed by atoms with E-state index in [9.17, 15) is 5.11 Å². The van der Waals surface area contributed by atoms with Crippen LogP contribution in [0.5, 0.6) is 0 Å². The second-order valence-corrected chi connectivity index (χ2v) is 3.97. The van der Waals surface area contributed by atoms with Gasteiger partial charge in [-0.15, -0.1) is 0 Å². The Morgan fingerprint density at radius 2 is 2.21 bits per heavy atom. The monoisotopic (exact) mass is 197 g/mol. The number of aliphatic hydroxyl groups excluding tert-OH is 1. The molecule has 1 heterocycles. The Hall–Kier alpha value is -0.800. The highest BCUT2D eigenvalue weighted by Crippen LogP contribution is 2.08. The highest BCUT2D eigenvalue weighted by Gasteiger charge is 2.08. The van der Waals surface area contributed by atoms with Gasteiger partial charge >= 0.3 is 0 Å². The van der Waals surface area contributed by atoms with Gasteiger partial charge in [-0.1, -0.05) is 13.8 Å². The third-order valence-electron chi connectivity index (χ3n) is 2.38. The molecule has 2 N–H and O–H groups in total. The van der Waals surface area contributed by atoms with E-state index in [0.29, 0.717) is 19.0 Å². The van der Waals surface area contributed by atoms with Crippen molar-refractivity contribution in [3.63, 3.8) is 0 Å². The molecule has 1 rings (SSSR count). The van der Waals surface area contributed by atoms with Crippen molar-refractivity contribution in [1.29, 1.82) is 0 Å². The zero-order valence-corrected chi connectivity index (χ0v) is 9.08. The minimum atomic E-state index is -0.287. The maximum atomic E-state index is 9.53. The van der Waals surface area contributed by atoms with E-state index in [-0.39, 0.29) is 6.10 Å². The normalized spacial score (nSPS) is 13.5. The van der Waals surface area contributed by atoms with Gasteiger partial charge < -0.3 is 14.8 Å². The van der Waals surface area contributed by atoms with Crippen LogP contribution < -0.4 is 5.32 Å². The molecule has 1 aromatic rings. The summed E-state index contributed by atoms with van der Waals surface area (Å²) in [6.45, 7) is 7.31. The molecule has 3 heteroatoms. The second kappa shape index (κ2) is 5.17. The first-order valence-electron chi connectivity index (χ1n) is 5.03. The first-order chi connectivity index (χ1) is 6.61. The zero-order valence-electron chi connectivity index (χ0n) is 9.08. The molecule has 0 amide bonds. The number of furan rings is 1. The van der Waals surface area contributed by atoms with Gasteiger partial charge in [-0.25, -0.2) is 0 Å². The summed E-state index contributed by atoms with van der Waals surface area (Å²) in [5, 5.41) is 12.7. The van der Waals surface area contributed by atoms with E-state index in [4.69, 9.17) is 4.42 Å². The molecule has 1 aromatic heterocycles. The summed E-state index contributed by atoms with van der Waals surface area (Å²) in [5.41, 5.74) is 1.15. The van der Waals surface area contributed by atoms with E-state index in [2.05, 4.69) is 5.32 Å². The molecule has 0 bridgehead atoms. The third-order valence-corrected chi connectivity index (χ3v) is 2.38. The molecule has 0 fully saturated rings. The third kappa shape index (κ3) is 3.16. The molecule has 1 atom stereocenters. The van der Waals surface area contributed by atoms with Crippen molar-refractivity contribution in [3.05, 3.63) is 23.7 Å². The lowest BCUT2D eigenvalue weighted by Gasteiger charge is -2.14. The van der Waals surface area contributed by atoms with Crippen molar-refractivity contribution in [2.75, 3.05) is 6.54 Å². The quantitative estimate of drug-likeness (QED) is 0.755. The molecule has 0 aliphatic rings. The minimum Gasteiger partial charge on any atom is -0.468 e. The predicted molar refractivity (Wildman–Crippen MR) is 56.0 cm³/mol. The van der Waals surface area contributed by atoms with Crippen LogP contribution in [-0.2, 0) is 6.54 Å². The molecule has 0 radical (unpaired) electrons. The SMILES string of the molecule is Cc1ccoc1CNCC(O)C(C)C. The van der Waals surface area contributed by atoms with Crippen LogP contribution in [0, 0.1) is 12.8 Å². The number of nitrogens with one attached hydrogen (secondary N) is 1. The Balaban J connectivity index is 2.25. The smallest absolute Gasteiger partial charge is 0.120 e. The van der Waals surface area contributed by atoms with E-state index in [1.807, 2.05) is 26.8 Å². The Kier molecular flexibility index (Phi) is 4.17. The topological polar surface area (TPSA) is 45.4 Å². The van der Waals surface area contributed by atoms with E-state index in [0.717, 1.165) is 11.3 Å². The maximum absolute atomic E-state index is 9.53. The molecule has 14 heavy (non-hydrogen) atoms. The minimum absolute atomic E-state index is 0.287. The fourth-order valence-corrected chi connectivity index (χ4v) is 1.15. The number of aliphatic hydroxyl groups is 1. The van der Waals surface area contributed by atoms with Crippen LogP contribution in [0.3, 0.4) is 0 Å². The van der Waals surface area contributed by atoms with Crippen LogP contribution in [0.4, 0.5) is 0 Å². The molecule has 0 spiro atoms. The molecule has 1 unspecified atom stereocenters. The van der Waals surface area contributed by atoms with Gasteiger partial charge in [0.15, 0.2) is 0 Å². The summed E-state index contributed by atoms with van der Waals surface area (Å²) >= 11 is 0. The van der Waals surface area contributed by atoms with Crippen molar-refractivity contribution in [2.24, 2.45) is 5.92 Å². The molecular weight excluding hydrogens is 178 g/mol. The Labute approximate surface area is 85.1 Å². The van der Waals surface area contributed by atoms with Gasteiger partial charge in [0.2, 0.25) is 0 Å².